The van der Waals surface area contributed by atoms with Gasteiger partial charge >= 0.3 is 12.3 Å². The molecule has 150 valence electrons. The van der Waals surface area contributed by atoms with E-state index in [1.807, 2.05) is 0 Å². The van der Waals surface area contributed by atoms with E-state index in [4.69, 9.17) is 5.11 Å². The maximum absolute atomic E-state index is 12.5. The van der Waals surface area contributed by atoms with E-state index in [-0.39, 0.29) is 17.1 Å². The molecule has 0 aliphatic carbocycles. The Morgan fingerprint density at radius 2 is 1.69 bits per heavy atom. The van der Waals surface area contributed by atoms with Crippen LogP contribution in [0.1, 0.15) is 21.0 Å². The second kappa shape index (κ2) is 7.62. The van der Waals surface area contributed by atoms with Crippen LogP contribution in [-0.2, 0) is 0 Å². The summed E-state index contributed by atoms with van der Waals surface area (Å²) in [5.41, 5.74) is 0.888. The summed E-state index contributed by atoms with van der Waals surface area (Å²) in [4.78, 5) is 28.6. The largest absolute Gasteiger partial charge is 0.573 e. The van der Waals surface area contributed by atoms with Crippen molar-refractivity contribution in [3.05, 3.63) is 66.2 Å². The van der Waals surface area contributed by atoms with Crippen molar-refractivity contribution in [3.8, 4) is 11.4 Å². The number of amides is 1. The molecule has 0 aliphatic heterocycles. The van der Waals surface area contributed by atoms with Gasteiger partial charge in [-0.3, -0.25) is 4.79 Å². The average Bonchev–Trinajstić information content (AvgIpc) is 3.16. The number of benzene rings is 2. The van der Waals surface area contributed by atoms with Gasteiger partial charge in [-0.05, 0) is 48.5 Å². The SMILES string of the molecule is CN(C(=O)c1ncn(-c2ccc(OC(F)(F)F)cc2)n1)c1ccc(C(=O)O)cc1. The highest BCUT2D eigenvalue weighted by molar-refractivity contribution is 6.03. The number of nitrogens with zero attached hydrogens (tertiary/aromatic N) is 4. The summed E-state index contributed by atoms with van der Waals surface area (Å²) >= 11 is 0. The van der Waals surface area contributed by atoms with Gasteiger partial charge in [-0.2, -0.15) is 0 Å². The van der Waals surface area contributed by atoms with Gasteiger partial charge in [0.05, 0.1) is 11.3 Å². The molecular weight excluding hydrogens is 393 g/mol. The van der Waals surface area contributed by atoms with Crippen molar-refractivity contribution in [3.63, 3.8) is 0 Å². The predicted molar refractivity (Wildman–Crippen MR) is 94.2 cm³/mol. The summed E-state index contributed by atoms with van der Waals surface area (Å²) in [6.07, 6.45) is -3.55. The van der Waals surface area contributed by atoms with Gasteiger partial charge in [-0.15, -0.1) is 18.3 Å². The number of halogens is 3. The smallest absolute Gasteiger partial charge is 0.478 e. The maximum atomic E-state index is 12.5. The Hall–Kier alpha value is -3.89. The fraction of sp³-hybridized carbons (Fsp3) is 0.111. The molecule has 0 aliphatic rings. The lowest BCUT2D eigenvalue weighted by molar-refractivity contribution is -0.274. The predicted octanol–water partition coefficient (Wildman–Crippen LogP) is 3.14. The summed E-state index contributed by atoms with van der Waals surface area (Å²) in [5.74, 6) is -2.17. The number of hydrogen-bond donors (Lipinski definition) is 1. The summed E-state index contributed by atoms with van der Waals surface area (Å²) in [7, 11) is 1.47. The van der Waals surface area contributed by atoms with Crippen molar-refractivity contribution in [2.45, 2.75) is 6.36 Å². The topological polar surface area (TPSA) is 97.5 Å². The van der Waals surface area contributed by atoms with Gasteiger partial charge in [0.1, 0.15) is 12.1 Å². The summed E-state index contributed by atoms with van der Waals surface area (Å²) in [6.45, 7) is 0. The van der Waals surface area contributed by atoms with E-state index in [2.05, 4.69) is 14.8 Å². The third kappa shape index (κ3) is 4.69. The molecule has 2 aromatic carbocycles. The van der Waals surface area contributed by atoms with Gasteiger partial charge in [-0.25, -0.2) is 14.5 Å². The molecule has 0 spiro atoms. The highest BCUT2D eigenvalue weighted by Gasteiger charge is 2.31. The van der Waals surface area contributed by atoms with Crippen LogP contribution in [-0.4, -0.2) is 45.2 Å². The number of aromatic nitrogens is 3. The standard InChI is InChI=1S/C18H13F3N4O4/c1-24(12-4-2-11(3-5-12)17(27)28)16(26)15-22-10-25(23-15)13-6-8-14(9-7-13)29-18(19,20)21/h2-10H,1H3,(H,27,28). The zero-order chi connectivity index (χ0) is 21.2. The Bertz CT molecular complexity index is 1030. The fourth-order valence-corrected chi connectivity index (χ4v) is 2.38. The maximum Gasteiger partial charge on any atom is 0.573 e. The van der Waals surface area contributed by atoms with E-state index >= 15 is 0 Å². The highest BCUT2D eigenvalue weighted by atomic mass is 19.4. The average molecular weight is 406 g/mol. The Labute approximate surface area is 161 Å². The number of carbonyl (C=O) groups excluding carboxylic acids is 1. The van der Waals surface area contributed by atoms with Gasteiger partial charge in [0.2, 0.25) is 5.82 Å². The Kier molecular flexibility index (Phi) is 5.22. The second-order valence-corrected chi connectivity index (χ2v) is 5.77. The molecule has 11 heteroatoms. The van der Waals surface area contributed by atoms with E-state index in [1.54, 1.807) is 0 Å². The molecule has 0 bridgehead atoms. The van der Waals surface area contributed by atoms with Crippen LogP contribution in [0, 0.1) is 0 Å². The normalized spacial score (nSPS) is 11.2. The number of ether oxygens (including phenoxy) is 1. The van der Waals surface area contributed by atoms with E-state index in [1.165, 1.54) is 59.4 Å². The Balaban J connectivity index is 1.74. The van der Waals surface area contributed by atoms with E-state index in [0.717, 1.165) is 12.1 Å². The molecule has 1 aromatic heterocycles. The molecule has 29 heavy (non-hydrogen) atoms. The first-order valence-corrected chi connectivity index (χ1v) is 8.03. The van der Waals surface area contributed by atoms with Gasteiger partial charge in [0.15, 0.2) is 0 Å². The lowest BCUT2D eigenvalue weighted by atomic mass is 10.2. The highest BCUT2D eigenvalue weighted by Crippen LogP contribution is 2.23. The van der Waals surface area contributed by atoms with Crippen LogP contribution in [0.4, 0.5) is 18.9 Å². The van der Waals surface area contributed by atoms with Crippen molar-refractivity contribution in [2.24, 2.45) is 0 Å². The van der Waals surface area contributed by atoms with Crippen LogP contribution in [0.25, 0.3) is 5.69 Å². The minimum absolute atomic E-state index is 0.0787. The quantitative estimate of drug-likeness (QED) is 0.699. The van der Waals surface area contributed by atoms with Crippen LogP contribution in [0.15, 0.2) is 54.9 Å². The number of hydrogen-bond acceptors (Lipinski definition) is 5. The molecule has 1 amide bonds. The van der Waals surface area contributed by atoms with Crippen LogP contribution < -0.4 is 9.64 Å². The van der Waals surface area contributed by atoms with Gasteiger partial charge in [0.25, 0.3) is 5.91 Å². The minimum Gasteiger partial charge on any atom is -0.478 e. The number of rotatable bonds is 5. The first-order chi connectivity index (χ1) is 13.6. The lowest BCUT2D eigenvalue weighted by Crippen LogP contribution is -2.27. The lowest BCUT2D eigenvalue weighted by Gasteiger charge is -2.15. The van der Waals surface area contributed by atoms with E-state index in [9.17, 15) is 22.8 Å². The van der Waals surface area contributed by atoms with Crippen LogP contribution in [0.2, 0.25) is 0 Å². The molecule has 1 N–H and O–H groups in total. The third-order valence-corrected chi connectivity index (χ3v) is 3.82. The van der Waals surface area contributed by atoms with Crippen LogP contribution in [0.5, 0.6) is 5.75 Å². The second-order valence-electron chi connectivity index (χ2n) is 5.77. The summed E-state index contributed by atoms with van der Waals surface area (Å²) in [5, 5.41) is 13.0. The molecule has 0 radical (unpaired) electrons. The number of anilines is 1. The molecule has 8 nitrogen and oxygen atoms in total. The number of alkyl halides is 3. The molecule has 3 rings (SSSR count). The monoisotopic (exact) mass is 406 g/mol. The molecule has 1 heterocycles. The van der Waals surface area contributed by atoms with Gasteiger partial charge in [-0.1, -0.05) is 0 Å². The van der Waals surface area contributed by atoms with Crippen molar-refractivity contribution in [1.29, 1.82) is 0 Å². The number of aromatic carboxylic acids is 1. The van der Waals surface area contributed by atoms with Crippen molar-refractivity contribution < 1.29 is 32.6 Å². The molecule has 0 fully saturated rings. The molecular formula is C18H13F3N4O4. The van der Waals surface area contributed by atoms with Crippen molar-refractivity contribution >= 4 is 17.6 Å². The first-order valence-electron chi connectivity index (χ1n) is 8.03. The molecule has 0 saturated carbocycles. The minimum atomic E-state index is -4.79. The van der Waals surface area contributed by atoms with E-state index in [0.29, 0.717) is 11.4 Å². The fourth-order valence-electron chi connectivity index (χ4n) is 2.38. The molecule has 0 atom stereocenters. The first kappa shape index (κ1) is 19.9. The molecule has 0 saturated heterocycles. The Morgan fingerprint density at radius 1 is 1.07 bits per heavy atom. The van der Waals surface area contributed by atoms with Crippen LogP contribution >= 0.6 is 0 Å². The number of carboxylic acid groups (broad SMARTS) is 1. The molecule has 0 unspecified atom stereocenters. The zero-order valence-corrected chi connectivity index (χ0v) is 14.8. The van der Waals surface area contributed by atoms with Gasteiger partial charge in [0, 0.05) is 12.7 Å². The summed E-state index contributed by atoms with van der Waals surface area (Å²) in [6, 6.07) is 10.5. The van der Waals surface area contributed by atoms with Crippen LogP contribution in [0.3, 0.4) is 0 Å². The van der Waals surface area contributed by atoms with Gasteiger partial charge < -0.3 is 14.7 Å². The zero-order valence-electron chi connectivity index (χ0n) is 14.8. The van der Waals surface area contributed by atoms with Crippen molar-refractivity contribution in [1.82, 2.24) is 14.8 Å². The number of carbonyl (C=O) groups is 2. The third-order valence-electron chi connectivity index (χ3n) is 3.82. The van der Waals surface area contributed by atoms with E-state index < -0.39 is 18.2 Å². The Morgan fingerprint density at radius 3 is 2.24 bits per heavy atom. The summed E-state index contributed by atoms with van der Waals surface area (Å²) < 4.78 is 41.7. The number of carboxylic acids is 1. The van der Waals surface area contributed by atoms with Crippen molar-refractivity contribution in [2.75, 3.05) is 11.9 Å². The molecule has 3 aromatic rings.